The number of hydrogen-bond donors (Lipinski definition) is 0. The lowest BCUT2D eigenvalue weighted by atomic mass is 9.92. The largest absolute Gasteiger partial charge is 0.452 e. The second-order valence-corrected chi connectivity index (χ2v) is 6.55. The maximum Gasteiger partial charge on any atom is 0.345 e. The van der Waals surface area contributed by atoms with E-state index >= 15 is 0 Å². The Balaban J connectivity index is 2.02. The quantitative estimate of drug-likeness (QED) is 0.479. The molecule has 0 aromatic heterocycles. The van der Waals surface area contributed by atoms with Gasteiger partial charge in [-0.15, -0.1) is 0 Å². The van der Waals surface area contributed by atoms with E-state index in [-0.39, 0.29) is 17.2 Å². The summed E-state index contributed by atoms with van der Waals surface area (Å²) in [6, 6.07) is 4.44. The van der Waals surface area contributed by atoms with Crippen molar-refractivity contribution in [2.45, 2.75) is 27.2 Å². The number of hydrogen-bond acceptors (Lipinski definition) is 5. The van der Waals surface area contributed by atoms with E-state index in [0.29, 0.717) is 30.5 Å². The minimum atomic E-state index is -0.850. The fourth-order valence-corrected chi connectivity index (χ4v) is 3.23. The molecule has 0 bridgehead atoms. The van der Waals surface area contributed by atoms with Crippen LogP contribution in [-0.2, 0) is 9.53 Å². The minimum absolute atomic E-state index is 0.131. The molecule has 2 rings (SSSR count). The van der Waals surface area contributed by atoms with Crippen molar-refractivity contribution in [1.82, 2.24) is 4.90 Å². The Morgan fingerprint density at radius 1 is 1.29 bits per heavy atom. The molecule has 0 spiro atoms. The molecule has 0 aliphatic carbocycles. The molecule has 1 saturated heterocycles. The van der Waals surface area contributed by atoms with Crippen molar-refractivity contribution in [2.24, 2.45) is 11.8 Å². The number of carbonyl (C=O) groups excluding carboxylic acids is 2. The monoisotopic (exact) mass is 334 g/mol. The van der Waals surface area contributed by atoms with Gasteiger partial charge in [0.05, 0.1) is 4.92 Å². The van der Waals surface area contributed by atoms with Crippen molar-refractivity contribution in [1.29, 1.82) is 0 Å². The van der Waals surface area contributed by atoms with Gasteiger partial charge in [0.2, 0.25) is 0 Å². The molecule has 24 heavy (non-hydrogen) atoms. The van der Waals surface area contributed by atoms with E-state index in [1.165, 1.54) is 6.07 Å². The summed E-state index contributed by atoms with van der Waals surface area (Å²) in [6.07, 6.45) is 1.07. The summed E-state index contributed by atoms with van der Waals surface area (Å²) >= 11 is 0. The zero-order valence-corrected chi connectivity index (χ0v) is 14.2. The van der Waals surface area contributed by atoms with Crippen molar-refractivity contribution >= 4 is 17.6 Å². The molecule has 0 radical (unpaired) electrons. The van der Waals surface area contributed by atoms with Crippen LogP contribution in [-0.4, -0.2) is 41.4 Å². The molecule has 2 atom stereocenters. The number of nitro benzene ring substituents is 1. The first-order valence-corrected chi connectivity index (χ1v) is 7.98. The SMILES string of the molecule is Cc1cccc(C(=O)OCC(=O)N2CC(C)CC(C)C2)c1[N+](=O)[O-]. The number of esters is 1. The Morgan fingerprint density at radius 2 is 1.92 bits per heavy atom. The smallest absolute Gasteiger partial charge is 0.345 e. The standard InChI is InChI=1S/C17H22N2O5/c1-11-7-12(2)9-18(8-11)15(20)10-24-17(21)14-6-4-5-13(3)16(14)19(22)23/h4-6,11-12H,7-10H2,1-3H3. The second-order valence-electron chi connectivity index (χ2n) is 6.55. The molecule has 1 aromatic rings. The van der Waals surface area contributed by atoms with Gasteiger partial charge in [0.15, 0.2) is 6.61 Å². The molecule has 7 nitrogen and oxygen atoms in total. The fraction of sp³-hybridized carbons (Fsp3) is 0.529. The average Bonchev–Trinajstić information content (AvgIpc) is 2.50. The van der Waals surface area contributed by atoms with Crippen LogP contribution in [0.3, 0.4) is 0 Å². The molecule has 1 aliphatic heterocycles. The highest BCUT2D eigenvalue weighted by atomic mass is 16.6. The summed E-state index contributed by atoms with van der Waals surface area (Å²) in [5.41, 5.74) is -0.0391. The van der Waals surface area contributed by atoms with Crippen LogP contribution in [0, 0.1) is 28.9 Å². The summed E-state index contributed by atoms with van der Waals surface area (Å²) < 4.78 is 5.02. The summed E-state index contributed by atoms with van der Waals surface area (Å²) in [5, 5.41) is 11.1. The van der Waals surface area contributed by atoms with E-state index in [1.54, 1.807) is 24.0 Å². The van der Waals surface area contributed by atoms with Crippen molar-refractivity contribution in [2.75, 3.05) is 19.7 Å². The van der Waals surface area contributed by atoms with Crippen LogP contribution in [0.1, 0.15) is 36.2 Å². The van der Waals surface area contributed by atoms with Gasteiger partial charge < -0.3 is 9.64 Å². The topological polar surface area (TPSA) is 89.8 Å². The van der Waals surface area contributed by atoms with Crippen LogP contribution in [0.2, 0.25) is 0 Å². The van der Waals surface area contributed by atoms with Crippen LogP contribution in [0.25, 0.3) is 0 Å². The van der Waals surface area contributed by atoms with Gasteiger partial charge >= 0.3 is 5.97 Å². The molecule has 1 aromatic carbocycles. The highest BCUT2D eigenvalue weighted by Gasteiger charge is 2.28. The van der Waals surface area contributed by atoms with Crippen LogP contribution in [0.5, 0.6) is 0 Å². The number of ether oxygens (including phenoxy) is 1. The highest BCUT2D eigenvalue weighted by Crippen LogP contribution is 2.24. The molecule has 1 heterocycles. The summed E-state index contributed by atoms with van der Waals surface area (Å²) in [7, 11) is 0. The van der Waals surface area contributed by atoms with Gasteiger partial charge in [-0.2, -0.15) is 0 Å². The van der Waals surface area contributed by atoms with Crippen molar-refractivity contribution in [3.05, 3.63) is 39.4 Å². The Hall–Kier alpha value is -2.44. The van der Waals surface area contributed by atoms with Crippen LogP contribution in [0.15, 0.2) is 18.2 Å². The fourth-order valence-electron chi connectivity index (χ4n) is 3.23. The highest BCUT2D eigenvalue weighted by molar-refractivity contribution is 5.95. The van der Waals surface area contributed by atoms with Crippen LogP contribution >= 0.6 is 0 Å². The molecular weight excluding hydrogens is 312 g/mol. The van der Waals surface area contributed by atoms with E-state index in [1.807, 2.05) is 0 Å². The Bertz CT molecular complexity index is 648. The summed E-state index contributed by atoms with van der Waals surface area (Å²) in [6.45, 7) is 6.60. The number of nitro groups is 1. The van der Waals surface area contributed by atoms with Crippen molar-refractivity contribution in [3.63, 3.8) is 0 Å². The van der Waals surface area contributed by atoms with E-state index in [4.69, 9.17) is 4.74 Å². The van der Waals surface area contributed by atoms with E-state index < -0.39 is 17.5 Å². The molecule has 0 N–H and O–H groups in total. The number of piperidine rings is 1. The first-order chi connectivity index (χ1) is 11.3. The molecule has 0 saturated carbocycles. The lowest BCUT2D eigenvalue weighted by Crippen LogP contribution is -2.44. The molecule has 1 fully saturated rings. The zero-order chi connectivity index (χ0) is 17.9. The lowest BCUT2D eigenvalue weighted by Gasteiger charge is -2.34. The number of nitrogens with zero attached hydrogens (tertiary/aromatic N) is 2. The Morgan fingerprint density at radius 3 is 2.50 bits per heavy atom. The summed E-state index contributed by atoms with van der Waals surface area (Å²) in [4.78, 5) is 36.6. The van der Waals surface area contributed by atoms with E-state index in [0.717, 1.165) is 6.42 Å². The van der Waals surface area contributed by atoms with Gasteiger partial charge in [-0.3, -0.25) is 14.9 Å². The number of benzene rings is 1. The lowest BCUT2D eigenvalue weighted by molar-refractivity contribution is -0.385. The first-order valence-electron chi connectivity index (χ1n) is 7.98. The molecular formula is C17H22N2O5. The molecule has 7 heteroatoms. The van der Waals surface area contributed by atoms with Gasteiger partial charge in [0.25, 0.3) is 11.6 Å². The molecule has 2 unspecified atom stereocenters. The van der Waals surface area contributed by atoms with Gasteiger partial charge in [0, 0.05) is 18.7 Å². The van der Waals surface area contributed by atoms with Gasteiger partial charge in [-0.1, -0.05) is 26.0 Å². The normalized spacial score (nSPS) is 20.5. The number of carbonyl (C=O) groups is 2. The first kappa shape index (κ1) is 17.9. The third-order valence-corrected chi connectivity index (χ3v) is 4.19. The van der Waals surface area contributed by atoms with Crippen LogP contribution in [0.4, 0.5) is 5.69 Å². The second kappa shape index (κ2) is 7.42. The molecule has 1 amide bonds. The average molecular weight is 334 g/mol. The Kier molecular flexibility index (Phi) is 5.54. The van der Waals surface area contributed by atoms with Gasteiger partial charge in [0.1, 0.15) is 5.56 Å². The van der Waals surface area contributed by atoms with Gasteiger partial charge in [-0.05, 0) is 31.2 Å². The zero-order valence-electron chi connectivity index (χ0n) is 14.2. The van der Waals surface area contributed by atoms with Crippen molar-refractivity contribution in [3.8, 4) is 0 Å². The Labute approximate surface area is 140 Å². The number of likely N-dealkylation sites (tertiary alicyclic amines) is 1. The number of rotatable bonds is 4. The number of amides is 1. The van der Waals surface area contributed by atoms with Crippen LogP contribution < -0.4 is 0 Å². The molecule has 130 valence electrons. The summed E-state index contributed by atoms with van der Waals surface area (Å²) in [5.74, 6) is -0.300. The third kappa shape index (κ3) is 4.10. The minimum Gasteiger partial charge on any atom is -0.452 e. The molecule has 1 aliphatic rings. The predicted molar refractivity (Wildman–Crippen MR) is 87.6 cm³/mol. The third-order valence-electron chi connectivity index (χ3n) is 4.19. The van der Waals surface area contributed by atoms with E-state index in [2.05, 4.69) is 13.8 Å². The predicted octanol–water partition coefficient (Wildman–Crippen LogP) is 2.56. The number of aryl methyl sites for hydroxylation is 1. The maximum atomic E-state index is 12.2. The number of para-hydroxylation sites is 1. The maximum absolute atomic E-state index is 12.2. The van der Waals surface area contributed by atoms with Crippen molar-refractivity contribution < 1.29 is 19.2 Å². The van der Waals surface area contributed by atoms with E-state index in [9.17, 15) is 19.7 Å². The van der Waals surface area contributed by atoms with Gasteiger partial charge in [-0.25, -0.2) is 4.79 Å².